The number of nitrogens with one attached hydrogen (secondary N) is 1. The highest BCUT2D eigenvalue weighted by Gasteiger charge is 2.22. The van der Waals surface area contributed by atoms with Crippen LogP contribution in [0.4, 0.5) is 5.00 Å². The van der Waals surface area contributed by atoms with E-state index in [4.69, 9.17) is 4.42 Å². The number of amides is 1. The van der Waals surface area contributed by atoms with Gasteiger partial charge < -0.3 is 14.3 Å². The van der Waals surface area contributed by atoms with Crippen LogP contribution in [0.5, 0.6) is 0 Å². The van der Waals surface area contributed by atoms with Gasteiger partial charge in [-0.2, -0.15) is 5.26 Å². The zero-order chi connectivity index (χ0) is 21.1. The van der Waals surface area contributed by atoms with E-state index < -0.39 is 0 Å². The minimum atomic E-state index is -0.139. The van der Waals surface area contributed by atoms with Gasteiger partial charge in [-0.05, 0) is 51.2 Å². The van der Waals surface area contributed by atoms with Gasteiger partial charge in [0.1, 0.15) is 16.8 Å². The summed E-state index contributed by atoms with van der Waals surface area (Å²) in [5.74, 6) is 1.59. The Morgan fingerprint density at radius 2 is 2.20 bits per heavy atom. The highest BCUT2D eigenvalue weighted by molar-refractivity contribution is 7.99. The number of fused-ring (bicyclic) bond motifs is 1. The number of furan rings is 1. The first-order valence-corrected chi connectivity index (χ1v) is 11.9. The van der Waals surface area contributed by atoms with Crippen LogP contribution in [0.2, 0.25) is 0 Å². The van der Waals surface area contributed by atoms with Gasteiger partial charge in [0.05, 0.1) is 23.1 Å². The Morgan fingerprint density at radius 3 is 2.93 bits per heavy atom. The molecule has 0 fully saturated rings. The van der Waals surface area contributed by atoms with Crippen LogP contribution in [0.1, 0.15) is 48.0 Å². The largest absolute Gasteiger partial charge is 0.469 e. The fourth-order valence-corrected chi connectivity index (χ4v) is 5.80. The Bertz CT molecular complexity index is 1110. The number of rotatable bonds is 6. The van der Waals surface area contributed by atoms with Crippen molar-refractivity contribution >= 4 is 34.0 Å². The summed E-state index contributed by atoms with van der Waals surface area (Å²) in [5, 5.41) is 22.5. The Kier molecular flexibility index (Phi) is 6.25. The summed E-state index contributed by atoms with van der Waals surface area (Å²) in [6.45, 7) is 4.59. The Labute approximate surface area is 183 Å². The van der Waals surface area contributed by atoms with E-state index in [0.29, 0.717) is 22.3 Å². The molecule has 0 spiro atoms. The number of carbonyl (C=O) groups excluding carboxylic acids is 1. The molecule has 0 radical (unpaired) electrons. The fraction of sp³-hybridized carbons (Fsp3) is 0.429. The van der Waals surface area contributed by atoms with Crippen molar-refractivity contribution in [2.75, 3.05) is 11.1 Å². The molecule has 3 aromatic heterocycles. The second-order valence-electron chi connectivity index (χ2n) is 7.16. The van der Waals surface area contributed by atoms with Crippen molar-refractivity contribution in [1.29, 1.82) is 5.26 Å². The number of thiophene rings is 1. The Morgan fingerprint density at radius 1 is 1.37 bits per heavy atom. The summed E-state index contributed by atoms with van der Waals surface area (Å²) in [6, 6.07) is 4.18. The second-order valence-corrected chi connectivity index (χ2v) is 9.21. The van der Waals surface area contributed by atoms with Crippen molar-refractivity contribution in [2.45, 2.75) is 57.7 Å². The molecule has 1 N–H and O–H groups in total. The van der Waals surface area contributed by atoms with E-state index in [1.807, 2.05) is 24.5 Å². The monoisotopic (exact) mass is 441 g/mol. The molecule has 1 aliphatic rings. The standard InChI is InChI=1S/C21H23N5O2S2/c1-3-26-19(14-9-10-28-13(14)2)24-25-21(26)29-12-18(27)23-20-16(11-22)15-7-5-4-6-8-17(15)30-20/h9-10H,3-8,12H2,1-2H3,(H,23,27). The molecule has 0 unspecified atom stereocenters. The maximum Gasteiger partial charge on any atom is 0.235 e. The van der Waals surface area contributed by atoms with Crippen LogP contribution in [0.3, 0.4) is 0 Å². The quantitative estimate of drug-likeness (QED) is 0.436. The maximum absolute atomic E-state index is 12.6. The predicted octanol–water partition coefficient (Wildman–Crippen LogP) is 4.80. The molecule has 0 aromatic carbocycles. The van der Waals surface area contributed by atoms with Crippen LogP contribution in [0, 0.1) is 18.3 Å². The van der Waals surface area contributed by atoms with Crippen LogP contribution in [0.15, 0.2) is 21.9 Å². The number of nitriles is 1. The zero-order valence-corrected chi connectivity index (χ0v) is 18.7. The highest BCUT2D eigenvalue weighted by atomic mass is 32.2. The van der Waals surface area contributed by atoms with Crippen LogP contribution in [-0.4, -0.2) is 26.4 Å². The zero-order valence-electron chi connectivity index (χ0n) is 17.0. The van der Waals surface area contributed by atoms with Crippen molar-refractivity contribution in [1.82, 2.24) is 14.8 Å². The molecule has 3 heterocycles. The van der Waals surface area contributed by atoms with Gasteiger partial charge in [-0.3, -0.25) is 4.79 Å². The first kappa shape index (κ1) is 20.7. The number of aromatic nitrogens is 3. The van der Waals surface area contributed by atoms with Crippen LogP contribution in [-0.2, 0) is 24.2 Å². The molecular weight excluding hydrogens is 418 g/mol. The lowest BCUT2D eigenvalue weighted by Gasteiger charge is -2.07. The number of hydrogen-bond donors (Lipinski definition) is 1. The smallest absolute Gasteiger partial charge is 0.235 e. The van der Waals surface area contributed by atoms with Crippen molar-refractivity contribution in [3.63, 3.8) is 0 Å². The van der Waals surface area contributed by atoms with E-state index in [2.05, 4.69) is 21.6 Å². The lowest BCUT2D eigenvalue weighted by molar-refractivity contribution is -0.113. The molecule has 4 rings (SSSR count). The third kappa shape index (κ3) is 4.02. The third-order valence-corrected chi connectivity index (χ3v) is 7.43. The number of hydrogen-bond acceptors (Lipinski definition) is 7. The first-order chi connectivity index (χ1) is 14.6. The summed E-state index contributed by atoms with van der Waals surface area (Å²) in [4.78, 5) is 13.9. The maximum atomic E-state index is 12.6. The third-order valence-electron chi connectivity index (χ3n) is 5.25. The van der Waals surface area contributed by atoms with Gasteiger partial charge in [0.2, 0.25) is 5.91 Å². The number of carbonyl (C=O) groups is 1. The summed E-state index contributed by atoms with van der Waals surface area (Å²) in [7, 11) is 0. The molecule has 1 aliphatic carbocycles. The van der Waals surface area contributed by atoms with E-state index in [0.717, 1.165) is 48.4 Å². The van der Waals surface area contributed by atoms with Crippen LogP contribution >= 0.6 is 23.1 Å². The molecule has 30 heavy (non-hydrogen) atoms. The first-order valence-electron chi connectivity index (χ1n) is 10.1. The number of anilines is 1. The molecule has 156 valence electrons. The van der Waals surface area contributed by atoms with Gasteiger partial charge in [-0.15, -0.1) is 21.5 Å². The normalized spacial score (nSPS) is 13.5. The van der Waals surface area contributed by atoms with E-state index in [1.165, 1.54) is 23.1 Å². The molecule has 0 aliphatic heterocycles. The fourth-order valence-electron chi connectivity index (χ4n) is 3.74. The molecule has 0 bridgehead atoms. The summed E-state index contributed by atoms with van der Waals surface area (Å²) >= 11 is 2.90. The van der Waals surface area contributed by atoms with Gasteiger partial charge in [0, 0.05) is 11.4 Å². The van der Waals surface area contributed by atoms with Gasteiger partial charge in [0.15, 0.2) is 11.0 Å². The van der Waals surface area contributed by atoms with E-state index in [-0.39, 0.29) is 11.7 Å². The molecule has 9 heteroatoms. The van der Waals surface area contributed by atoms with Gasteiger partial charge in [0.25, 0.3) is 0 Å². The molecule has 1 amide bonds. The minimum Gasteiger partial charge on any atom is -0.469 e. The van der Waals surface area contributed by atoms with Gasteiger partial charge >= 0.3 is 0 Å². The van der Waals surface area contributed by atoms with E-state index >= 15 is 0 Å². The van der Waals surface area contributed by atoms with Crippen LogP contribution in [0.25, 0.3) is 11.4 Å². The molecule has 0 saturated carbocycles. The Balaban J connectivity index is 1.46. The van der Waals surface area contributed by atoms with Gasteiger partial charge in [-0.1, -0.05) is 18.2 Å². The highest BCUT2D eigenvalue weighted by Crippen LogP contribution is 2.37. The minimum absolute atomic E-state index is 0.139. The average Bonchev–Trinajstić information content (AvgIpc) is 3.38. The average molecular weight is 442 g/mol. The van der Waals surface area contributed by atoms with Crippen LogP contribution < -0.4 is 5.32 Å². The lowest BCUT2D eigenvalue weighted by Crippen LogP contribution is -2.14. The predicted molar refractivity (Wildman–Crippen MR) is 118 cm³/mol. The van der Waals surface area contributed by atoms with Gasteiger partial charge in [-0.25, -0.2) is 0 Å². The van der Waals surface area contributed by atoms with Crippen molar-refractivity contribution in [2.24, 2.45) is 0 Å². The Hall–Kier alpha value is -2.57. The molecule has 3 aromatic rings. The lowest BCUT2D eigenvalue weighted by atomic mass is 10.1. The van der Waals surface area contributed by atoms with Crippen molar-refractivity contribution in [3.05, 3.63) is 34.1 Å². The topological polar surface area (TPSA) is 96.7 Å². The SMILES string of the molecule is CCn1c(SCC(=O)Nc2sc3c(c2C#N)CCCCC3)nnc1-c1ccoc1C. The number of nitrogens with zero attached hydrogens (tertiary/aromatic N) is 4. The molecule has 0 saturated heterocycles. The summed E-state index contributed by atoms with van der Waals surface area (Å²) < 4.78 is 7.36. The number of aryl methyl sites for hydroxylation is 2. The second kappa shape index (κ2) is 9.06. The van der Waals surface area contributed by atoms with E-state index in [1.54, 1.807) is 17.6 Å². The molecular formula is C21H23N5O2S2. The summed E-state index contributed by atoms with van der Waals surface area (Å²) in [6.07, 6.45) is 7.00. The molecule has 0 atom stereocenters. The summed E-state index contributed by atoms with van der Waals surface area (Å²) in [5.41, 5.74) is 2.68. The molecule has 7 nitrogen and oxygen atoms in total. The van der Waals surface area contributed by atoms with Crippen molar-refractivity contribution in [3.8, 4) is 17.5 Å². The van der Waals surface area contributed by atoms with E-state index in [9.17, 15) is 10.1 Å². The number of thioether (sulfide) groups is 1. The van der Waals surface area contributed by atoms with Crippen molar-refractivity contribution < 1.29 is 9.21 Å².